The largest absolute Gasteiger partial charge is 1.00 e. The van der Waals surface area contributed by atoms with Crippen LogP contribution in [0.15, 0.2) is 0 Å². The summed E-state index contributed by atoms with van der Waals surface area (Å²) in [6, 6.07) is 0. The molecular formula is C16H36IP. The van der Waals surface area contributed by atoms with Crippen LogP contribution in [0.5, 0.6) is 0 Å². The third-order valence-electron chi connectivity index (χ3n) is 3.94. The summed E-state index contributed by atoms with van der Waals surface area (Å²) in [6.07, 6.45) is 17.9. The van der Waals surface area contributed by atoms with Crippen LogP contribution < -0.4 is 24.0 Å². The first-order valence-electron chi connectivity index (χ1n) is 8.09. The molecule has 0 aromatic carbocycles. The van der Waals surface area contributed by atoms with Crippen LogP contribution in [0, 0.1) is 0 Å². The van der Waals surface area contributed by atoms with Crippen molar-refractivity contribution >= 4 is 7.26 Å². The van der Waals surface area contributed by atoms with E-state index in [-0.39, 0.29) is 24.0 Å². The Bertz CT molecular complexity index is 122. The molecule has 0 aliphatic rings. The van der Waals surface area contributed by atoms with Gasteiger partial charge in [-0.25, -0.2) is 0 Å². The van der Waals surface area contributed by atoms with E-state index in [9.17, 15) is 0 Å². The predicted octanol–water partition coefficient (Wildman–Crippen LogP) is 3.21. The lowest BCUT2D eigenvalue weighted by Gasteiger charge is -2.28. The van der Waals surface area contributed by atoms with E-state index in [2.05, 4.69) is 27.7 Å². The van der Waals surface area contributed by atoms with E-state index in [1.807, 2.05) is 0 Å². The van der Waals surface area contributed by atoms with E-state index < -0.39 is 7.26 Å². The van der Waals surface area contributed by atoms with Crippen molar-refractivity contribution in [1.29, 1.82) is 0 Å². The Labute approximate surface area is 134 Å². The minimum Gasteiger partial charge on any atom is -1.00 e. The molecule has 0 aliphatic carbocycles. The summed E-state index contributed by atoms with van der Waals surface area (Å²) in [5.74, 6) is 0. The molecule has 0 rings (SSSR count). The second-order valence-corrected chi connectivity index (χ2v) is 10.1. The molecule has 2 heteroatoms. The van der Waals surface area contributed by atoms with Crippen molar-refractivity contribution in [3.63, 3.8) is 0 Å². The van der Waals surface area contributed by atoms with Gasteiger partial charge in [0.25, 0.3) is 0 Å². The Kier molecular flexibility index (Phi) is 17.4. The first-order chi connectivity index (χ1) is 8.24. The molecule has 0 nitrogen and oxygen atoms in total. The predicted molar refractivity (Wildman–Crippen MR) is 86.0 cm³/mol. The van der Waals surface area contributed by atoms with Crippen LogP contribution in [-0.2, 0) is 0 Å². The highest BCUT2D eigenvalue weighted by atomic mass is 127. The van der Waals surface area contributed by atoms with Gasteiger partial charge < -0.3 is 24.0 Å². The van der Waals surface area contributed by atoms with Crippen LogP contribution in [0.4, 0.5) is 0 Å². The summed E-state index contributed by atoms with van der Waals surface area (Å²) in [5.41, 5.74) is 0. The smallest absolute Gasteiger partial charge is 0.0594 e. The van der Waals surface area contributed by atoms with Gasteiger partial charge in [-0.1, -0.05) is 53.4 Å². The van der Waals surface area contributed by atoms with Gasteiger partial charge in [-0.3, -0.25) is 0 Å². The van der Waals surface area contributed by atoms with Crippen LogP contribution in [0.2, 0.25) is 0 Å². The Balaban J connectivity index is 0. The molecular weight excluding hydrogens is 350 g/mol. The first kappa shape index (κ1) is 21.5. The Hall–Kier alpha value is 1.16. The van der Waals surface area contributed by atoms with Crippen molar-refractivity contribution in [3.05, 3.63) is 0 Å². The normalized spacial score (nSPS) is 11.3. The monoisotopic (exact) mass is 386 g/mol. The van der Waals surface area contributed by atoms with Gasteiger partial charge in [-0.05, 0) is 25.7 Å². The SMILES string of the molecule is CCCC[P+](CCCC)(CCCC)CCCC.[I-]. The number of rotatable bonds is 12. The molecule has 0 N–H and O–H groups in total. The number of hydrogen-bond acceptors (Lipinski definition) is 0. The maximum absolute atomic E-state index is 2.36. The van der Waals surface area contributed by atoms with Gasteiger partial charge >= 0.3 is 0 Å². The molecule has 0 atom stereocenters. The van der Waals surface area contributed by atoms with Crippen molar-refractivity contribution in [3.8, 4) is 0 Å². The second kappa shape index (κ2) is 14.6. The molecule has 0 aromatic heterocycles. The van der Waals surface area contributed by atoms with Crippen molar-refractivity contribution in [2.75, 3.05) is 24.6 Å². The standard InChI is InChI=1S/C16H36P.HI/c1-5-9-13-17(14-10-6-2,15-11-7-3)16-12-8-4;/h5-16H2,1-4H3;1H/q+1;/p-1. The van der Waals surface area contributed by atoms with Crippen molar-refractivity contribution < 1.29 is 24.0 Å². The highest BCUT2D eigenvalue weighted by molar-refractivity contribution is 7.75. The fourth-order valence-electron chi connectivity index (χ4n) is 2.64. The summed E-state index contributed by atoms with van der Waals surface area (Å²) < 4.78 is 0. The van der Waals surface area contributed by atoms with Gasteiger partial charge in [0, 0.05) is 7.26 Å². The van der Waals surface area contributed by atoms with Crippen LogP contribution >= 0.6 is 7.26 Å². The molecule has 0 unspecified atom stereocenters. The Morgan fingerprint density at radius 2 is 0.722 bits per heavy atom. The minimum absolute atomic E-state index is 0. The van der Waals surface area contributed by atoms with Crippen LogP contribution in [-0.4, -0.2) is 24.6 Å². The Morgan fingerprint density at radius 1 is 0.500 bits per heavy atom. The molecule has 0 bridgehead atoms. The van der Waals surface area contributed by atoms with Gasteiger partial charge in [-0.15, -0.1) is 0 Å². The molecule has 0 aromatic rings. The quantitative estimate of drug-likeness (QED) is 0.357. The minimum atomic E-state index is -0.562. The topological polar surface area (TPSA) is 0 Å². The van der Waals surface area contributed by atoms with Crippen LogP contribution in [0.3, 0.4) is 0 Å². The van der Waals surface area contributed by atoms with Crippen LogP contribution in [0.25, 0.3) is 0 Å². The summed E-state index contributed by atoms with van der Waals surface area (Å²) in [5, 5.41) is 0. The third kappa shape index (κ3) is 10.0. The summed E-state index contributed by atoms with van der Waals surface area (Å²) in [7, 11) is -0.562. The van der Waals surface area contributed by atoms with Crippen LogP contribution in [0.1, 0.15) is 79.1 Å². The first-order valence-corrected chi connectivity index (χ1v) is 10.6. The summed E-state index contributed by atoms with van der Waals surface area (Å²) in [6.45, 7) is 9.42. The van der Waals surface area contributed by atoms with Gasteiger partial charge in [0.15, 0.2) is 0 Å². The highest BCUT2D eigenvalue weighted by Crippen LogP contribution is 2.61. The van der Waals surface area contributed by atoms with Gasteiger partial charge in [0.2, 0.25) is 0 Å². The zero-order valence-electron chi connectivity index (χ0n) is 13.3. The average Bonchev–Trinajstić information content (AvgIpc) is 2.37. The molecule has 0 amide bonds. The molecule has 0 fully saturated rings. The molecule has 0 heterocycles. The summed E-state index contributed by atoms with van der Waals surface area (Å²) >= 11 is 0. The molecule has 112 valence electrons. The van der Waals surface area contributed by atoms with E-state index in [0.717, 1.165) is 0 Å². The van der Waals surface area contributed by atoms with E-state index in [0.29, 0.717) is 0 Å². The lowest BCUT2D eigenvalue weighted by molar-refractivity contribution is -0.00000402. The maximum Gasteiger partial charge on any atom is 0.0594 e. The maximum atomic E-state index is 2.36. The van der Waals surface area contributed by atoms with Gasteiger partial charge in [-0.2, -0.15) is 0 Å². The van der Waals surface area contributed by atoms with E-state index >= 15 is 0 Å². The molecule has 0 spiro atoms. The summed E-state index contributed by atoms with van der Waals surface area (Å²) in [4.78, 5) is 0. The fraction of sp³-hybridized carbons (Fsp3) is 1.00. The van der Waals surface area contributed by atoms with Gasteiger partial charge in [0.05, 0.1) is 24.6 Å². The number of halogens is 1. The van der Waals surface area contributed by atoms with Gasteiger partial charge in [0.1, 0.15) is 0 Å². The van der Waals surface area contributed by atoms with E-state index in [1.54, 1.807) is 24.6 Å². The number of unbranched alkanes of at least 4 members (excludes halogenated alkanes) is 4. The zero-order valence-corrected chi connectivity index (χ0v) is 16.4. The Morgan fingerprint density at radius 3 is 0.889 bits per heavy atom. The molecule has 0 saturated carbocycles. The lowest BCUT2D eigenvalue weighted by atomic mass is 10.4. The molecule has 0 radical (unpaired) electrons. The molecule has 0 saturated heterocycles. The lowest BCUT2D eigenvalue weighted by Crippen LogP contribution is -3.00. The van der Waals surface area contributed by atoms with Crippen molar-refractivity contribution in [1.82, 2.24) is 0 Å². The van der Waals surface area contributed by atoms with E-state index in [4.69, 9.17) is 0 Å². The zero-order chi connectivity index (χ0) is 13.0. The second-order valence-electron chi connectivity index (χ2n) is 5.65. The molecule has 18 heavy (non-hydrogen) atoms. The fourth-order valence-corrected chi connectivity index (χ4v) is 7.93. The molecule has 0 aliphatic heterocycles. The van der Waals surface area contributed by atoms with E-state index in [1.165, 1.54) is 51.4 Å². The van der Waals surface area contributed by atoms with Crippen molar-refractivity contribution in [2.24, 2.45) is 0 Å². The average molecular weight is 386 g/mol. The highest BCUT2D eigenvalue weighted by Gasteiger charge is 2.34. The van der Waals surface area contributed by atoms with Crippen molar-refractivity contribution in [2.45, 2.75) is 79.1 Å². The third-order valence-corrected chi connectivity index (χ3v) is 9.00. The number of hydrogen-bond donors (Lipinski definition) is 0.